The molecule has 1 amide bonds. The fourth-order valence-corrected chi connectivity index (χ4v) is 6.47. The van der Waals surface area contributed by atoms with E-state index in [0.29, 0.717) is 28.8 Å². The van der Waals surface area contributed by atoms with Crippen molar-refractivity contribution in [2.75, 3.05) is 23.4 Å². The number of anilines is 1. The summed E-state index contributed by atoms with van der Waals surface area (Å²) in [4.78, 5) is 29.1. The smallest absolute Gasteiger partial charge is 0.256 e. The van der Waals surface area contributed by atoms with Gasteiger partial charge in [-0.15, -0.1) is 0 Å². The van der Waals surface area contributed by atoms with Crippen LogP contribution in [-0.2, 0) is 0 Å². The zero-order valence-electron chi connectivity index (χ0n) is 21.3. The first-order valence-electron chi connectivity index (χ1n) is 13.1. The summed E-state index contributed by atoms with van der Waals surface area (Å²) in [6.07, 6.45) is 5.48. The molecule has 0 radical (unpaired) electrons. The summed E-state index contributed by atoms with van der Waals surface area (Å²) in [5, 5.41) is 6.08. The molecule has 0 saturated carbocycles. The molecular formula is C32H28FN3O2S. The lowest BCUT2D eigenvalue weighted by Gasteiger charge is -2.42. The van der Waals surface area contributed by atoms with Crippen molar-refractivity contribution < 1.29 is 14.0 Å². The molecule has 5 nitrogen and oxygen atoms in total. The van der Waals surface area contributed by atoms with Crippen LogP contribution in [0.5, 0.6) is 0 Å². The Labute approximate surface area is 231 Å². The lowest BCUT2D eigenvalue weighted by molar-refractivity contribution is 0.0845. The molecular weight excluding hydrogens is 509 g/mol. The molecule has 2 heterocycles. The molecule has 3 aromatic rings. The van der Waals surface area contributed by atoms with Gasteiger partial charge in [0, 0.05) is 58.5 Å². The SMILES string of the molecule is O=C(Nc1ccc(C(=O)C2CC=C(F)C3=CNC=C4CSCCN4C32)cc1)c1ccccc1-c1ccccc1. The highest BCUT2D eigenvalue weighted by molar-refractivity contribution is 7.99. The van der Waals surface area contributed by atoms with Gasteiger partial charge in [0.05, 0.1) is 12.0 Å². The normalized spacial score (nSPS) is 20.2. The second-order valence-corrected chi connectivity index (χ2v) is 10.9. The Morgan fingerprint density at radius 2 is 1.72 bits per heavy atom. The van der Waals surface area contributed by atoms with Gasteiger partial charge in [-0.25, -0.2) is 4.39 Å². The Hall–Kier alpha value is -4.10. The molecule has 0 aromatic heterocycles. The first-order valence-corrected chi connectivity index (χ1v) is 14.2. The van der Waals surface area contributed by atoms with Crippen LogP contribution in [0.3, 0.4) is 0 Å². The Balaban J connectivity index is 1.22. The Bertz CT molecular complexity index is 1500. The third-order valence-electron chi connectivity index (χ3n) is 7.47. The summed E-state index contributed by atoms with van der Waals surface area (Å²) in [5.74, 6) is 0.859. The highest BCUT2D eigenvalue weighted by Gasteiger charge is 2.41. The minimum Gasteiger partial charge on any atom is -0.366 e. The van der Waals surface area contributed by atoms with Gasteiger partial charge in [-0.05, 0) is 54.0 Å². The Kier molecular flexibility index (Phi) is 7.07. The number of carbonyl (C=O) groups excluding carboxylic acids is 2. The van der Waals surface area contributed by atoms with E-state index in [-0.39, 0.29) is 23.6 Å². The minimum absolute atomic E-state index is 0.0265. The monoisotopic (exact) mass is 537 g/mol. The molecule has 196 valence electrons. The van der Waals surface area contributed by atoms with Crippen molar-refractivity contribution in [1.29, 1.82) is 0 Å². The number of nitrogens with one attached hydrogen (secondary N) is 2. The predicted molar refractivity (Wildman–Crippen MR) is 155 cm³/mol. The van der Waals surface area contributed by atoms with Crippen LogP contribution < -0.4 is 10.6 Å². The van der Waals surface area contributed by atoms with Crippen LogP contribution in [-0.4, -0.2) is 40.7 Å². The van der Waals surface area contributed by atoms with Crippen LogP contribution in [0.2, 0.25) is 0 Å². The highest BCUT2D eigenvalue weighted by Crippen LogP contribution is 2.39. The van der Waals surface area contributed by atoms with Crippen molar-refractivity contribution in [3.63, 3.8) is 0 Å². The van der Waals surface area contributed by atoms with Crippen LogP contribution in [0.15, 0.2) is 114 Å². The van der Waals surface area contributed by atoms with Crippen LogP contribution >= 0.6 is 11.8 Å². The first-order chi connectivity index (χ1) is 19.1. The first kappa shape index (κ1) is 25.2. The molecule has 1 saturated heterocycles. The predicted octanol–water partition coefficient (Wildman–Crippen LogP) is 6.41. The number of benzene rings is 3. The standard InChI is InChI=1S/C32H28FN3O2S/c33-29-15-14-27(30-28(29)19-34-18-24-20-39-17-16-36(24)30)31(37)22-10-12-23(13-11-22)35-32(38)26-9-5-4-8-25(26)21-6-2-1-3-7-21/h1-13,15,18-19,27,30,34H,14,16-17,20H2,(H,35,38). The van der Waals surface area contributed by atoms with Gasteiger partial charge in [0.25, 0.3) is 5.91 Å². The van der Waals surface area contributed by atoms with Gasteiger partial charge in [-0.1, -0.05) is 48.5 Å². The van der Waals surface area contributed by atoms with Gasteiger partial charge >= 0.3 is 0 Å². The van der Waals surface area contributed by atoms with E-state index in [1.54, 1.807) is 36.5 Å². The summed E-state index contributed by atoms with van der Waals surface area (Å²) in [7, 11) is 0. The highest BCUT2D eigenvalue weighted by atomic mass is 32.2. The summed E-state index contributed by atoms with van der Waals surface area (Å²) >= 11 is 1.84. The second-order valence-electron chi connectivity index (χ2n) is 9.79. The molecule has 1 aliphatic carbocycles. The lowest BCUT2D eigenvalue weighted by Crippen LogP contribution is -2.48. The summed E-state index contributed by atoms with van der Waals surface area (Å²) in [6.45, 7) is 0.771. The fourth-order valence-electron chi connectivity index (χ4n) is 5.54. The minimum atomic E-state index is -0.402. The molecule has 2 unspecified atom stereocenters. The summed E-state index contributed by atoms with van der Waals surface area (Å²) in [6, 6.07) is 23.9. The maximum atomic E-state index is 14.9. The van der Waals surface area contributed by atoms with E-state index in [4.69, 9.17) is 0 Å². The Morgan fingerprint density at radius 1 is 0.949 bits per heavy atom. The van der Waals surface area contributed by atoms with Gasteiger partial charge in [-0.2, -0.15) is 11.8 Å². The number of hydrogen-bond acceptors (Lipinski definition) is 5. The number of nitrogens with zero attached hydrogens (tertiary/aromatic N) is 1. The van der Waals surface area contributed by atoms with E-state index in [9.17, 15) is 14.0 Å². The number of thioether (sulfide) groups is 1. The molecule has 0 bridgehead atoms. The lowest BCUT2D eigenvalue weighted by atomic mass is 9.79. The average molecular weight is 538 g/mol. The summed E-state index contributed by atoms with van der Waals surface area (Å²) in [5.41, 5.74) is 5.16. The van der Waals surface area contributed by atoms with Crippen LogP contribution in [0.4, 0.5) is 10.1 Å². The van der Waals surface area contributed by atoms with E-state index in [2.05, 4.69) is 15.5 Å². The number of allylic oxidation sites excluding steroid dienone is 1. The van der Waals surface area contributed by atoms with Gasteiger partial charge in [0.1, 0.15) is 5.83 Å². The molecule has 1 fully saturated rings. The number of amides is 1. The third-order valence-corrected chi connectivity index (χ3v) is 8.44. The molecule has 3 aliphatic rings. The molecule has 39 heavy (non-hydrogen) atoms. The summed E-state index contributed by atoms with van der Waals surface area (Å²) < 4.78 is 14.9. The van der Waals surface area contributed by atoms with E-state index in [0.717, 1.165) is 34.9 Å². The molecule has 2 atom stereocenters. The van der Waals surface area contributed by atoms with E-state index < -0.39 is 5.92 Å². The quantitative estimate of drug-likeness (QED) is 0.369. The van der Waals surface area contributed by atoms with Crippen molar-refractivity contribution in [1.82, 2.24) is 10.2 Å². The van der Waals surface area contributed by atoms with Crippen molar-refractivity contribution in [3.05, 3.63) is 126 Å². The molecule has 3 aromatic carbocycles. The largest absolute Gasteiger partial charge is 0.366 e. The second kappa shape index (κ2) is 10.9. The van der Waals surface area contributed by atoms with Gasteiger partial charge in [0.2, 0.25) is 0 Å². The van der Waals surface area contributed by atoms with Crippen molar-refractivity contribution in [3.8, 4) is 11.1 Å². The average Bonchev–Trinajstić information content (AvgIpc) is 3.18. The topological polar surface area (TPSA) is 61.4 Å². The van der Waals surface area contributed by atoms with Crippen molar-refractivity contribution in [2.24, 2.45) is 5.92 Å². The molecule has 0 spiro atoms. The van der Waals surface area contributed by atoms with Crippen LogP contribution in [0.1, 0.15) is 27.1 Å². The number of fused-ring (bicyclic) bond motifs is 3. The number of hydrogen-bond donors (Lipinski definition) is 2. The molecule has 7 heteroatoms. The fraction of sp³-hybridized carbons (Fsp3) is 0.188. The maximum absolute atomic E-state index is 14.9. The third kappa shape index (κ3) is 5.02. The van der Waals surface area contributed by atoms with E-state index >= 15 is 0 Å². The zero-order valence-corrected chi connectivity index (χ0v) is 22.1. The van der Waals surface area contributed by atoms with Crippen LogP contribution in [0, 0.1) is 5.92 Å². The zero-order chi connectivity index (χ0) is 26.8. The number of halogens is 1. The van der Waals surface area contributed by atoms with Gasteiger partial charge in [-0.3, -0.25) is 9.59 Å². The maximum Gasteiger partial charge on any atom is 0.256 e. The molecule has 2 N–H and O–H groups in total. The number of rotatable bonds is 5. The van der Waals surface area contributed by atoms with Crippen molar-refractivity contribution >= 4 is 29.1 Å². The van der Waals surface area contributed by atoms with E-state index in [1.165, 1.54) is 6.08 Å². The molecule has 2 aliphatic heterocycles. The van der Waals surface area contributed by atoms with Gasteiger partial charge < -0.3 is 15.5 Å². The van der Waals surface area contributed by atoms with Crippen molar-refractivity contribution in [2.45, 2.75) is 12.5 Å². The number of Topliss-reactive ketones (excluding diaryl/α,β-unsaturated/α-hetero) is 1. The van der Waals surface area contributed by atoms with Crippen LogP contribution in [0.25, 0.3) is 11.1 Å². The van der Waals surface area contributed by atoms with Gasteiger partial charge in [0.15, 0.2) is 5.78 Å². The molecule has 6 rings (SSSR count). The Morgan fingerprint density at radius 3 is 2.54 bits per heavy atom. The number of ketones is 1. The van der Waals surface area contributed by atoms with E-state index in [1.807, 2.05) is 66.5 Å². The number of carbonyl (C=O) groups is 2.